The minimum Gasteiger partial charge on any atom is -0.466 e. The number of carbonyl (C=O) groups is 1. The molecule has 25 heavy (non-hydrogen) atoms. The third-order valence-corrected chi connectivity index (χ3v) is 5.73. The molecule has 0 amide bonds. The van der Waals surface area contributed by atoms with Crippen LogP contribution in [-0.2, 0) is 15.7 Å². The predicted octanol–water partition coefficient (Wildman–Crippen LogP) is 6.46. The minimum absolute atomic E-state index is 0.00858. The van der Waals surface area contributed by atoms with Crippen molar-refractivity contribution >= 4 is 27.4 Å². The molecule has 0 bridgehead atoms. The second-order valence-electron chi connectivity index (χ2n) is 6.15. The molecular formula is C19H23F3O2S. The van der Waals surface area contributed by atoms with Gasteiger partial charge in [-0.1, -0.05) is 19.8 Å². The molecule has 2 rings (SSSR count). The number of alkyl halides is 3. The molecule has 138 valence electrons. The Balaban J connectivity index is 2.41. The number of hydrogen-bond acceptors (Lipinski definition) is 3. The van der Waals surface area contributed by atoms with Gasteiger partial charge in [-0.05, 0) is 49.4 Å². The first-order chi connectivity index (χ1) is 11.8. The number of carbonyl (C=O) groups excluding carboxylic acids is 1. The molecule has 2 nitrogen and oxygen atoms in total. The fourth-order valence-electron chi connectivity index (χ4n) is 3.00. The van der Waals surface area contributed by atoms with Gasteiger partial charge in [0.15, 0.2) is 0 Å². The van der Waals surface area contributed by atoms with E-state index in [1.54, 1.807) is 6.92 Å². The van der Waals surface area contributed by atoms with E-state index >= 15 is 0 Å². The summed E-state index contributed by atoms with van der Waals surface area (Å²) in [6.07, 6.45) is -1.29. The maximum absolute atomic E-state index is 13.0. The molecule has 1 heterocycles. The predicted molar refractivity (Wildman–Crippen MR) is 95.1 cm³/mol. The van der Waals surface area contributed by atoms with Crippen molar-refractivity contribution in [1.82, 2.24) is 0 Å². The number of ether oxygens (including phenoxy) is 1. The highest BCUT2D eigenvalue weighted by molar-refractivity contribution is 7.19. The number of unbranched alkanes of at least 4 members (excludes halogenated alkanes) is 1. The number of aryl methyl sites for hydroxylation is 1. The lowest BCUT2D eigenvalue weighted by molar-refractivity contribution is -0.143. The highest BCUT2D eigenvalue weighted by Crippen LogP contribution is 2.41. The van der Waals surface area contributed by atoms with Crippen LogP contribution < -0.4 is 0 Å². The van der Waals surface area contributed by atoms with Gasteiger partial charge in [-0.25, -0.2) is 0 Å². The summed E-state index contributed by atoms with van der Waals surface area (Å²) >= 11 is 1.49. The van der Waals surface area contributed by atoms with E-state index in [-0.39, 0.29) is 18.3 Å². The maximum Gasteiger partial charge on any atom is 0.416 e. The molecule has 1 atom stereocenters. The van der Waals surface area contributed by atoms with Crippen LogP contribution in [0.1, 0.15) is 61.5 Å². The van der Waals surface area contributed by atoms with Gasteiger partial charge in [0.2, 0.25) is 0 Å². The van der Waals surface area contributed by atoms with Crippen LogP contribution in [0, 0.1) is 6.92 Å². The van der Waals surface area contributed by atoms with Gasteiger partial charge in [0.05, 0.1) is 18.6 Å². The Morgan fingerprint density at radius 2 is 2.00 bits per heavy atom. The molecular weight excluding hydrogens is 349 g/mol. The number of hydrogen-bond donors (Lipinski definition) is 0. The highest BCUT2D eigenvalue weighted by atomic mass is 32.1. The van der Waals surface area contributed by atoms with Crippen LogP contribution in [0.2, 0.25) is 0 Å². The number of fused-ring (bicyclic) bond motifs is 1. The average Bonchev–Trinajstić information content (AvgIpc) is 2.87. The second kappa shape index (κ2) is 8.21. The van der Waals surface area contributed by atoms with Crippen LogP contribution in [0.25, 0.3) is 10.1 Å². The first kappa shape index (κ1) is 19.8. The zero-order valence-corrected chi connectivity index (χ0v) is 15.5. The van der Waals surface area contributed by atoms with Gasteiger partial charge in [-0.3, -0.25) is 4.79 Å². The van der Waals surface area contributed by atoms with Crippen molar-refractivity contribution in [2.75, 3.05) is 6.61 Å². The van der Waals surface area contributed by atoms with Gasteiger partial charge in [0.1, 0.15) is 0 Å². The Labute approximate surface area is 150 Å². The van der Waals surface area contributed by atoms with E-state index in [0.29, 0.717) is 12.0 Å². The summed E-state index contributed by atoms with van der Waals surface area (Å²) in [6, 6.07) is 3.86. The van der Waals surface area contributed by atoms with E-state index in [1.165, 1.54) is 23.5 Å². The molecule has 0 fully saturated rings. The van der Waals surface area contributed by atoms with Gasteiger partial charge in [0, 0.05) is 15.5 Å². The van der Waals surface area contributed by atoms with Gasteiger partial charge in [0.25, 0.3) is 0 Å². The van der Waals surface area contributed by atoms with Crippen molar-refractivity contribution in [3.05, 3.63) is 34.2 Å². The van der Waals surface area contributed by atoms with Crippen LogP contribution in [0.15, 0.2) is 18.2 Å². The fraction of sp³-hybridized carbons (Fsp3) is 0.526. The molecule has 1 unspecified atom stereocenters. The minimum atomic E-state index is -4.35. The smallest absolute Gasteiger partial charge is 0.416 e. The van der Waals surface area contributed by atoms with Crippen molar-refractivity contribution in [1.29, 1.82) is 0 Å². The Bertz CT molecular complexity index is 734. The normalized spacial score (nSPS) is 13.2. The van der Waals surface area contributed by atoms with Crippen LogP contribution in [0.5, 0.6) is 0 Å². The molecule has 0 aliphatic rings. The Kier molecular flexibility index (Phi) is 6.49. The highest BCUT2D eigenvalue weighted by Gasteiger charge is 2.31. The summed E-state index contributed by atoms with van der Waals surface area (Å²) in [5.41, 5.74) is 0.208. The summed E-state index contributed by atoms with van der Waals surface area (Å²) in [4.78, 5) is 12.9. The van der Waals surface area contributed by atoms with E-state index in [0.717, 1.165) is 40.5 Å². The zero-order chi connectivity index (χ0) is 18.6. The summed E-state index contributed by atoms with van der Waals surface area (Å²) in [7, 11) is 0. The summed E-state index contributed by atoms with van der Waals surface area (Å²) in [5.74, 6) is -0.262. The Hall–Kier alpha value is -1.56. The number of rotatable bonds is 7. The van der Waals surface area contributed by atoms with Gasteiger partial charge < -0.3 is 4.74 Å². The lowest BCUT2D eigenvalue weighted by atomic mass is 9.93. The average molecular weight is 372 g/mol. The molecule has 6 heteroatoms. The lowest BCUT2D eigenvalue weighted by Crippen LogP contribution is -2.10. The maximum atomic E-state index is 13.0. The van der Waals surface area contributed by atoms with Crippen molar-refractivity contribution in [3.63, 3.8) is 0 Å². The molecule has 0 N–H and O–H groups in total. The zero-order valence-electron chi connectivity index (χ0n) is 14.7. The molecule has 0 aliphatic carbocycles. The topological polar surface area (TPSA) is 26.3 Å². The fourth-order valence-corrected chi connectivity index (χ4v) is 4.33. The van der Waals surface area contributed by atoms with E-state index in [2.05, 4.69) is 6.92 Å². The standard InChI is InChI=1S/C19H23F3O2S/c1-4-6-7-13(10-17(23)24-5-2)18-12(3)15-11-14(19(20,21)22)8-9-16(15)25-18/h8-9,11,13H,4-7,10H2,1-3H3. The number of esters is 1. The van der Waals surface area contributed by atoms with Gasteiger partial charge >= 0.3 is 12.1 Å². The van der Waals surface area contributed by atoms with Crippen molar-refractivity contribution in [3.8, 4) is 0 Å². The van der Waals surface area contributed by atoms with E-state index in [9.17, 15) is 18.0 Å². The quantitative estimate of drug-likeness (QED) is 0.522. The Morgan fingerprint density at radius 3 is 2.60 bits per heavy atom. The van der Waals surface area contributed by atoms with Crippen molar-refractivity contribution in [2.24, 2.45) is 0 Å². The molecule has 2 aromatic rings. The summed E-state index contributed by atoms with van der Waals surface area (Å²) in [5, 5.41) is 0.625. The molecule has 1 aromatic heterocycles. The first-order valence-electron chi connectivity index (χ1n) is 8.53. The van der Waals surface area contributed by atoms with Crippen LogP contribution in [0.4, 0.5) is 13.2 Å². The number of benzene rings is 1. The molecule has 0 radical (unpaired) electrons. The van der Waals surface area contributed by atoms with Crippen LogP contribution in [0.3, 0.4) is 0 Å². The van der Waals surface area contributed by atoms with Crippen molar-refractivity contribution < 1.29 is 22.7 Å². The van der Waals surface area contributed by atoms with E-state index < -0.39 is 11.7 Å². The number of thiophene rings is 1. The SMILES string of the molecule is CCCCC(CC(=O)OCC)c1sc2ccc(C(F)(F)F)cc2c1C. The number of halogens is 3. The molecule has 1 aromatic carbocycles. The van der Waals surface area contributed by atoms with Crippen LogP contribution in [-0.4, -0.2) is 12.6 Å². The van der Waals surface area contributed by atoms with E-state index in [1.807, 2.05) is 6.92 Å². The Morgan fingerprint density at radius 1 is 1.28 bits per heavy atom. The first-order valence-corrected chi connectivity index (χ1v) is 9.35. The largest absolute Gasteiger partial charge is 0.466 e. The summed E-state index contributed by atoms with van der Waals surface area (Å²) in [6.45, 7) is 6.02. The summed E-state index contributed by atoms with van der Waals surface area (Å²) < 4.78 is 44.8. The molecule has 0 saturated heterocycles. The van der Waals surface area contributed by atoms with E-state index in [4.69, 9.17) is 4.74 Å². The van der Waals surface area contributed by atoms with Crippen LogP contribution >= 0.6 is 11.3 Å². The van der Waals surface area contributed by atoms with Crippen molar-refractivity contribution in [2.45, 2.75) is 58.5 Å². The van der Waals surface area contributed by atoms with Gasteiger partial charge in [-0.15, -0.1) is 11.3 Å². The molecule has 0 saturated carbocycles. The second-order valence-corrected chi connectivity index (χ2v) is 7.23. The third kappa shape index (κ3) is 4.75. The molecule has 0 spiro atoms. The third-order valence-electron chi connectivity index (χ3n) is 4.30. The van der Waals surface area contributed by atoms with Gasteiger partial charge in [-0.2, -0.15) is 13.2 Å². The lowest BCUT2D eigenvalue weighted by Gasteiger charge is -2.15. The monoisotopic (exact) mass is 372 g/mol. The molecule has 0 aliphatic heterocycles.